The topological polar surface area (TPSA) is 60.2 Å². The largest absolute Gasteiger partial charge is 0.376 e. The molecule has 0 bridgehead atoms. The number of rotatable bonds is 6. The number of ether oxygens (including phenoxy) is 1. The van der Waals surface area contributed by atoms with E-state index in [0.717, 1.165) is 24.8 Å². The highest BCUT2D eigenvalue weighted by molar-refractivity contribution is 5.13. The molecule has 5 heteroatoms. The van der Waals surface area contributed by atoms with Crippen LogP contribution in [0.4, 0.5) is 0 Å². The van der Waals surface area contributed by atoms with Gasteiger partial charge in [-0.1, -0.05) is 35.5 Å². The molecule has 0 saturated carbocycles. The normalized spacial score (nSPS) is 15.4. The lowest BCUT2D eigenvalue weighted by molar-refractivity contribution is 0.122. The highest BCUT2D eigenvalue weighted by Crippen LogP contribution is 2.17. The Bertz CT molecular complexity index is 508. The second kappa shape index (κ2) is 5.95. The second-order valence-electron chi connectivity index (χ2n) is 4.69. The molecule has 0 spiro atoms. The van der Waals surface area contributed by atoms with Gasteiger partial charge in [-0.3, -0.25) is 0 Å². The van der Waals surface area contributed by atoms with E-state index in [9.17, 15) is 0 Å². The zero-order valence-electron chi connectivity index (χ0n) is 10.7. The highest BCUT2D eigenvalue weighted by Gasteiger charge is 2.24. The van der Waals surface area contributed by atoms with Crippen molar-refractivity contribution in [3.8, 4) is 0 Å². The molecule has 5 nitrogen and oxygen atoms in total. The Morgan fingerprint density at radius 2 is 2.11 bits per heavy atom. The lowest BCUT2D eigenvalue weighted by atomic mass is 10.0. The van der Waals surface area contributed by atoms with Crippen LogP contribution in [0.5, 0.6) is 0 Å². The van der Waals surface area contributed by atoms with E-state index in [1.165, 1.54) is 5.56 Å². The third-order valence-corrected chi connectivity index (χ3v) is 3.20. The quantitative estimate of drug-likeness (QED) is 0.797. The smallest absolute Gasteiger partial charge is 0.232 e. The Morgan fingerprint density at radius 1 is 1.26 bits per heavy atom. The molecule has 1 fully saturated rings. The summed E-state index contributed by atoms with van der Waals surface area (Å²) in [6, 6.07) is 10.1. The van der Waals surface area contributed by atoms with Gasteiger partial charge >= 0.3 is 0 Å². The zero-order chi connectivity index (χ0) is 12.9. The molecule has 1 aliphatic rings. The first kappa shape index (κ1) is 12.3. The minimum atomic E-state index is 0.395. The molecule has 0 amide bonds. The summed E-state index contributed by atoms with van der Waals surface area (Å²) in [5.41, 5.74) is 1.18. The molecule has 0 aliphatic carbocycles. The molecule has 0 unspecified atom stereocenters. The van der Waals surface area contributed by atoms with Crippen molar-refractivity contribution >= 4 is 0 Å². The fourth-order valence-corrected chi connectivity index (χ4v) is 1.93. The van der Waals surface area contributed by atoms with Gasteiger partial charge in [0.1, 0.15) is 0 Å². The van der Waals surface area contributed by atoms with Gasteiger partial charge in [0.15, 0.2) is 5.82 Å². The summed E-state index contributed by atoms with van der Waals surface area (Å²) in [4.78, 5) is 4.38. The van der Waals surface area contributed by atoms with Crippen molar-refractivity contribution in [1.29, 1.82) is 0 Å². The van der Waals surface area contributed by atoms with Gasteiger partial charge in [-0.2, -0.15) is 4.98 Å². The van der Waals surface area contributed by atoms with Gasteiger partial charge in [0, 0.05) is 19.5 Å². The minimum absolute atomic E-state index is 0.395. The number of nitrogens with zero attached hydrogens (tertiary/aromatic N) is 2. The number of hydrogen-bond donors (Lipinski definition) is 1. The fourth-order valence-electron chi connectivity index (χ4n) is 1.93. The Morgan fingerprint density at radius 3 is 2.84 bits per heavy atom. The maximum Gasteiger partial charge on any atom is 0.232 e. The summed E-state index contributed by atoms with van der Waals surface area (Å²) in [5.74, 6) is 1.87. The molecule has 0 atom stereocenters. The number of aromatic nitrogens is 2. The summed E-state index contributed by atoms with van der Waals surface area (Å²) >= 11 is 0. The van der Waals surface area contributed by atoms with Crippen molar-refractivity contribution in [3.63, 3.8) is 0 Å². The highest BCUT2D eigenvalue weighted by atomic mass is 16.5. The average Bonchev–Trinajstić information content (AvgIpc) is 2.82. The molecule has 1 N–H and O–H groups in total. The standard InChI is InChI=1S/C14H17N3O2/c1-2-4-11(5-3-1)10-18-7-6-13-16-14(19-17-13)12-8-15-9-12/h1-5,12,15H,6-10H2. The number of nitrogens with one attached hydrogen (secondary N) is 1. The molecule has 2 heterocycles. The number of benzene rings is 1. The predicted octanol–water partition coefficient (Wildman–Crippen LogP) is 1.52. The van der Waals surface area contributed by atoms with Gasteiger partial charge in [-0.05, 0) is 5.56 Å². The minimum Gasteiger partial charge on any atom is -0.376 e. The molecule has 19 heavy (non-hydrogen) atoms. The van der Waals surface area contributed by atoms with Crippen molar-refractivity contribution in [3.05, 3.63) is 47.6 Å². The average molecular weight is 259 g/mol. The van der Waals surface area contributed by atoms with Crippen molar-refractivity contribution in [2.24, 2.45) is 0 Å². The summed E-state index contributed by atoms with van der Waals surface area (Å²) in [5, 5.41) is 7.16. The van der Waals surface area contributed by atoms with Crippen LogP contribution in [0.25, 0.3) is 0 Å². The van der Waals surface area contributed by atoms with Gasteiger partial charge < -0.3 is 14.6 Å². The molecule has 1 aromatic heterocycles. The monoisotopic (exact) mass is 259 g/mol. The number of hydrogen-bond acceptors (Lipinski definition) is 5. The first-order valence-electron chi connectivity index (χ1n) is 6.56. The van der Waals surface area contributed by atoms with E-state index in [4.69, 9.17) is 9.26 Å². The van der Waals surface area contributed by atoms with Gasteiger partial charge in [-0.25, -0.2) is 0 Å². The third-order valence-electron chi connectivity index (χ3n) is 3.20. The van der Waals surface area contributed by atoms with Crippen molar-refractivity contribution in [2.45, 2.75) is 18.9 Å². The van der Waals surface area contributed by atoms with Crippen LogP contribution in [0.15, 0.2) is 34.9 Å². The lowest BCUT2D eigenvalue weighted by Crippen LogP contribution is -2.40. The summed E-state index contributed by atoms with van der Waals surface area (Å²) in [6.45, 7) is 3.10. The Balaban J connectivity index is 1.41. The van der Waals surface area contributed by atoms with Crippen LogP contribution in [-0.4, -0.2) is 29.8 Å². The Kier molecular flexibility index (Phi) is 3.86. The maximum atomic E-state index is 5.60. The lowest BCUT2D eigenvalue weighted by Gasteiger charge is -2.22. The van der Waals surface area contributed by atoms with E-state index in [1.54, 1.807) is 0 Å². The van der Waals surface area contributed by atoms with Crippen LogP contribution in [0, 0.1) is 0 Å². The summed E-state index contributed by atoms with van der Waals surface area (Å²) in [6.07, 6.45) is 0.691. The first-order chi connectivity index (χ1) is 9.42. The Labute approximate surface area is 112 Å². The van der Waals surface area contributed by atoms with Crippen LogP contribution in [0.3, 0.4) is 0 Å². The van der Waals surface area contributed by atoms with Crippen LogP contribution in [0.1, 0.15) is 23.2 Å². The predicted molar refractivity (Wildman–Crippen MR) is 69.7 cm³/mol. The molecule has 0 radical (unpaired) electrons. The summed E-state index contributed by atoms with van der Waals surface area (Å²) in [7, 11) is 0. The molecule has 3 rings (SSSR count). The van der Waals surface area contributed by atoms with E-state index in [-0.39, 0.29) is 0 Å². The van der Waals surface area contributed by atoms with Gasteiger partial charge in [0.05, 0.1) is 19.1 Å². The molecular weight excluding hydrogens is 242 g/mol. The van der Waals surface area contributed by atoms with Gasteiger partial charge in [0.2, 0.25) is 5.89 Å². The second-order valence-corrected chi connectivity index (χ2v) is 4.69. The zero-order valence-corrected chi connectivity index (χ0v) is 10.7. The van der Waals surface area contributed by atoms with Crippen LogP contribution in [-0.2, 0) is 17.8 Å². The summed E-state index contributed by atoms with van der Waals surface area (Å²) < 4.78 is 10.8. The van der Waals surface area contributed by atoms with Gasteiger partial charge in [-0.15, -0.1) is 0 Å². The van der Waals surface area contributed by atoms with E-state index in [0.29, 0.717) is 25.6 Å². The van der Waals surface area contributed by atoms with Crippen molar-refractivity contribution in [1.82, 2.24) is 15.5 Å². The molecule has 1 saturated heterocycles. The SMILES string of the molecule is c1ccc(COCCc2noc(C3CNC3)n2)cc1. The maximum absolute atomic E-state index is 5.60. The van der Waals surface area contributed by atoms with E-state index in [1.807, 2.05) is 18.2 Å². The Hall–Kier alpha value is -1.72. The fraction of sp³-hybridized carbons (Fsp3) is 0.429. The molecule has 2 aromatic rings. The van der Waals surface area contributed by atoms with E-state index < -0.39 is 0 Å². The van der Waals surface area contributed by atoms with Crippen LogP contribution in [0.2, 0.25) is 0 Å². The van der Waals surface area contributed by atoms with Crippen LogP contribution >= 0.6 is 0 Å². The molecule has 1 aromatic carbocycles. The molecular formula is C14H17N3O2. The van der Waals surface area contributed by atoms with Gasteiger partial charge in [0.25, 0.3) is 0 Å². The van der Waals surface area contributed by atoms with E-state index >= 15 is 0 Å². The molecule has 1 aliphatic heterocycles. The first-order valence-corrected chi connectivity index (χ1v) is 6.56. The third kappa shape index (κ3) is 3.19. The molecule has 100 valence electrons. The van der Waals surface area contributed by atoms with Crippen molar-refractivity contribution < 1.29 is 9.26 Å². The van der Waals surface area contributed by atoms with Crippen molar-refractivity contribution in [2.75, 3.05) is 19.7 Å². The van der Waals surface area contributed by atoms with E-state index in [2.05, 4.69) is 27.6 Å². The van der Waals surface area contributed by atoms with Crippen LogP contribution < -0.4 is 5.32 Å².